The number of para-hydroxylation sites is 1. The molecule has 3 aromatic rings. The molecule has 0 spiro atoms. The molecule has 3 rings (SSSR count). The van der Waals surface area contributed by atoms with Gasteiger partial charge in [0.2, 0.25) is 0 Å². The number of carbonyl (C=O) groups is 1. The maximum atomic E-state index is 12.8. The lowest BCUT2D eigenvalue weighted by Gasteiger charge is -2.13. The molecular weight excluding hydrogens is 350 g/mol. The zero-order valence-electron chi connectivity index (χ0n) is 15.6. The van der Waals surface area contributed by atoms with Gasteiger partial charge >= 0.3 is 0 Å². The van der Waals surface area contributed by atoms with Gasteiger partial charge in [-0.05, 0) is 60.0 Å². The molecule has 3 aromatic carbocycles. The molecule has 0 aliphatic heterocycles. The third-order valence-electron chi connectivity index (χ3n) is 4.19. The van der Waals surface area contributed by atoms with Crippen molar-refractivity contribution < 1.29 is 9.53 Å². The van der Waals surface area contributed by atoms with Crippen LogP contribution in [0.1, 0.15) is 22.8 Å². The van der Waals surface area contributed by atoms with E-state index in [4.69, 9.17) is 15.7 Å². The number of nitrogens with one attached hydrogen (secondary N) is 1. The molecule has 0 aliphatic rings. The van der Waals surface area contributed by atoms with Crippen LogP contribution in [0.25, 0.3) is 11.1 Å². The summed E-state index contributed by atoms with van der Waals surface area (Å²) < 4.78 is 5.66. The van der Waals surface area contributed by atoms with E-state index in [-0.39, 0.29) is 5.91 Å². The molecule has 0 aliphatic carbocycles. The van der Waals surface area contributed by atoms with Crippen LogP contribution in [-0.2, 0) is 6.54 Å². The molecule has 0 aromatic heterocycles. The lowest BCUT2D eigenvalue weighted by molar-refractivity contribution is 0.102. The Morgan fingerprint density at radius 2 is 1.86 bits per heavy atom. The Bertz CT molecular complexity index is 1010. The van der Waals surface area contributed by atoms with Crippen LogP contribution < -0.4 is 15.8 Å². The minimum atomic E-state index is -0.629. The molecule has 0 saturated carbocycles. The van der Waals surface area contributed by atoms with Gasteiger partial charge in [0, 0.05) is 17.8 Å². The molecule has 5 heteroatoms. The average Bonchev–Trinajstić information content (AvgIpc) is 2.74. The van der Waals surface area contributed by atoms with Crippen molar-refractivity contribution in [3.8, 4) is 22.9 Å². The number of nitrogens with two attached hydrogens (primary N) is 1. The summed E-state index contributed by atoms with van der Waals surface area (Å²) in [4.78, 5) is 12.8. The second-order valence-electron chi connectivity index (χ2n) is 6.36. The van der Waals surface area contributed by atoms with E-state index in [1.807, 2.05) is 66.7 Å². The molecule has 0 saturated heterocycles. The van der Waals surface area contributed by atoms with Crippen LogP contribution in [0.15, 0.2) is 72.8 Å². The summed E-state index contributed by atoms with van der Waals surface area (Å²) in [5.41, 5.74) is 9.63. The predicted octanol–water partition coefficient (Wildman–Crippen LogP) is 4.36. The van der Waals surface area contributed by atoms with Crippen molar-refractivity contribution in [1.29, 1.82) is 5.26 Å². The van der Waals surface area contributed by atoms with Gasteiger partial charge in [-0.3, -0.25) is 4.79 Å². The number of hydrogen-bond donors (Lipinski definition) is 2. The summed E-state index contributed by atoms with van der Waals surface area (Å²) in [5.74, 6) is 0.209. The van der Waals surface area contributed by atoms with Gasteiger partial charge < -0.3 is 15.8 Å². The Kier molecular flexibility index (Phi) is 6.05. The highest BCUT2D eigenvalue weighted by molar-refractivity contribution is 6.05. The third kappa shape index (κ3) is 4.76. The van der Waals surface area contributed by atoms with E-state index in [1.54, 1.807) is 19.1 Å². The fraction of sp³-hybridized carbons (Fsp3) is 0.130. The second-order valence-corrected chi connectivity index (χ2v) is 6.36. The van der Waals surface area contributed by atoms with Crippen molar-refractivity contribution in [2.45, 2.75) is 19.6 Å². The minimum Gasteiger partial charge on any atom is -0.476 e. The number of nitrogens with zero attached hydrogens (tertiary/aromatic N) is 1. The first-order valence-electron chi connectivity index (χ1n) is 8.96. The van der Waals surface area contributed by atoms with Crippen molar-refractivity contribution in [3.05, 3.63) is 83.9 Å². The summed E-state index contributed by atoms with van der Waals surface area (Å²) in [7, 11) is 0. The first kappa shape index (κ1) is 19.2. The lowest BCUT2D eigenvalue weighted by Crippen LogP contribution is -2.13. The van der Waals surface area contributed by atoms with Crippen molar-refractivity contribution >= 4 is 11.6 Å². The van der Waals surface area contributed by atoms with Gasteiger partial charge in [-0.15, -0.1) is 0 Å². The predicted molar refractivity (Wildman–Crippen MR) is 110 cm³/mol. The van der Waals surface area contributed by atoms with Crippen LogP contribution in [0.2, 0.25) is 0 Å². The summed E-state index contributed by atoms with van der Waals surface area (Å²) in [5, 5.41) is 11.9. The van der Waals surface area contributed by atoms with Crippen molar-refractivity contribution in [2.24, 2.45) is 5.73 Å². The zero-order chi connectivity index (χ0) is 19.9. The number of hydrogen-bond acceptors (Lipinski definition) is 4. The number of benzene rings is 3. The second kappa shape index (κ2) is 8.85. The van der Waals surface area contributed by atoms with Gasteiger partial charge in [-0.2, -0.15) is 5.26 Å². The molecule has 3 N–H and O–H groups in total. The maximum Gasteiger partial charge on any atom is 0.255 e. The molecule has 5 nitrogen and oxygen atoms in total. The van der Waals surface area contributed by atoms with Gasteiger partial charge in [0.25, 0.3) is 5.91 Å². The van der Waals surface area contributed by atoms with E-state index >= 15 is 0 Å². The van der Waals surface area contributed by atoms with E-state index in [9.17, 15) is 4.79 Å². The minimum absolute atomic E-state index is 0.252. The Morgan fingerprint density at radius 1 is 1.07 bits per heavy atom. The molecule has 28 heavy (non-hydrogen) atoms. The Balaban J connectivity index is 1.99. The molecule has 1 amide bonds. The van der Waals surface area contributed by atoms with Crippen molar-refractivity contribution in [2.75, 3.05) is 5.32 Å². The lowest BCUT2D eigenvalue weighted by atomic mass is 10.00. The maximum absolute atomic E-state index is 12.8. The highest BCUT2D eigenvalue weighted by Crippen LogP contribution is 2.28. The number of nitriles is 1. The number of rotatable bonds is 6. The topological polar surface area (TPSA) is 88.1 Å². The Labute approximate surface area is 164 Å². The standard InChI is InChI=1S/C23H21N3O2/c1-16(14-24)28-22-12-19(18-7-5-6-17(10-18)15-25)11-20(13-22)23(27)26-21-8-3-2-4-9-21/h2-13,16H,15,25H2,1H3,(H,26,27). The molecular formula is C23H21N3O2. The quantitative estimate of drug-likeness (QED) is 0.674. The van der Waals surface area contributed by atoms with Crippen LogP contribution in [-0.4, -0.2) is 12.0 Å². The smallest absolute Gasteiger partial charge is 0.255 e. The normalized spacial score (nSPS) is 11.3. The van der Waals surface area contributed by atoms with Crippen LogP contribution in [0.5, 0.6) is 5.75 Å². The van der Waals surface area contributed by atoms with Crippen LogP contribution >= 0.6 is 0 Å². The molecule has 0 heterocycles. The summed E-state index contributed by atoms with van der Waals surface area (Å²) in [6, 6.07) is 24.3. The molecule has 1 unspecified atom stereocenters. The van der Waals surface area contributed by atoms with Gasteiger partial charge in [0.15, 0.2) is 6.10 Å². The van der Waals surface area contributed by atoms with Crippen LogP contribution in [0, 0.1) is 11.3 Å². The van der Waals surface area contributed by atoms with E-state index in [1.165, 1.54) is 0 Å². The zero-order valence-corrected chi connectivity index (χ0v) is 15.6. The summed E-state index contributed by atoms with van der Waals surface area (Å²) >= 11 is 0. The van der Waals surface area contributed by atoms with E-state index < -0.39 is 6.10 Å². The van der Waals surface area contributed by atoms with Gasteiger partial charge in [-0.25, -0.2) is 0 Å². The van der Waals surface area contributed by atoms with Gasteiger partial charge in [-0.1, -0.05) is 36.4 Å². The number of amides is 1. The molecule has 1 atom stereocenters. The van der Waals surface area contributed by atoms with E-state index in [0.29, 0.717) is 23.5 Å². The molecule has 0 radical (unpaired) electrons. The number of carbonyl (C=O) groups excluding carboxylic acids is 1. The SMILES string of the molecule is CC(C#N)Oc1cc(C(=O)Nc2ccccc2)cc(-c2cccc(CN)c2)c1. The first-order valence-corrected chi connectivity index (χ1v) is 8.96. The molecule has 140 valence electrons. The van der Waals surface area contributed by atoms with Gasteiger partial charge in [0.05, 0.1) is 0 Å². The van der Waals surface area contributed by atoms with Crippen molar-refractivity contribution in [1.82, 2.24) is 0 Å². The first-order chi connectivity index (χ1) is 13.6. The fourth-order valence-electron chi connectivity index (χ4n) is 2.80. The van der Waals surface area contributed by atoms with Crippen molar-refractivity contribution in [3.63, 3.8) is 0 Å². The number of anilines is 1. The van der Waals surface area contributed by atoms with Crippen LogP contribution in [0.3, 0.4) is 0 Å². The molecule has 0 bridgehead atoms. The van der Waals surface area contributed by atoms with Gasteiger partial charge in [0.1, 0.15) is 11.8 Å². The summed E-state index contributed by atoms with van der Waals surface area (Å²) in [6.45, 7) is 2.09. The largest absolute Gasteiger partial charge is 0.476 e. The highest BCUT2D eigenvalue weighted by Gasteiger charge is 2.13. The fourth-order valence-corrected chi connectivity index (χ4v) is 2.80. The monoisotopic (exact) mass is 371 g/mol. The Hall–Kier alpha value is -3.62. The average molecular weight is 371 g/mol. The van der Waals surface area contributed by atoms with E-state index in [2.05, 4.69) is 5.32 Å². The Morgan fingerprint density at radius 3 is 2.57 bits per heavy atom. The van der Waals surface area contributed by atoms with E-state index in [0.717, 1.165) is 16.7 Å². The number of ether oxygens (including phenoxy) is 1. The highest BCUT2D eigenvalue weighted by atomic mass is 16.5. The molecule has 0 fully saturated rings. The van der Waals surface area contributed by atoms with Crippen LogP contribution in [0.4, 0.5) is 5.69 Å². The summed E-state index contributed by atoms with van der Waals surface area (Å²) in [6.07, 6.45) is -0.629. The third-order valence-corrected chi connectivity index (χ3v) is 4.19.